The summed E-state index contributed by atoms with van der Waals surface area (Å²) in [5, 5.41) is 3.00. The van der Waals surface area contributed by atoms with Gasteiger partial charge in [-0.2, -0.15) is 0 Å². The Morgan fingerprint density at radius 2 is 1.93 bits per heavy atom. The maximum absolute atomic E-state index is 13.9. The predicted molar refractivity (Wildman–Crippen MR) is 108 cm³/mol. The minimum absolute atomic E-state index is 0.171. The highest BCUT2D eigenvalue weighted by atomic mass is 35.5. The van der Waals surface area contributed by atoms with E-state index in [0.29, 0.717) is 5.02 Å². The van der Waals surface area contributed by atoms with Crippen LogP contribution in [0.2, 0.25) is 5.02 Å². The van der Waals surface area contributed by atoms with Crippen LogP contribution in [-0.4, -0.2) is 38.1 Å². The van der Waals surface area contributed by atoms with Gasteiger partial charge in [-0.05, 0) is 56.2 Å². The van der Waals surface area contributed by atoms with Crippen molar-refractivity contribution in [3.63, 3.8) is 0 Å². The molecule has 1 aliphatic rings. The summed E-state index contributed by atoms with van der Waals surface area (Å²) in [6.07, 6.45) is 0. The Balaban J connectivity index is 1.60. The summed E-state index contributed by atoms with van der Waals surface area (Å²) in [4.78, 5) is 16.1. The molecule has 1 atom stereocenters. The highest BCUT2D eigenvalue weighted by Gasteiger charge is 2.30. The molecule has 0 spiro atoms. The number of carbonyl (C=O) groups excluding carboxylic acids is 1. The van der Waals surface area contributed by atoms with Gasteiger partial charge in [0.15, 0.2) is 6.04 Å². The second-order valence-electron chi connectivity index (χ2n) is 7.20. The zero-order chi connectivity index (χ0) is 19.6. The molecule has 27 heavy (non-hydrogen) atoms. The van der Waals surface area contributed by atoms with Crippen LogP contribution in [0.5, 0.6) is 0 Å². The first kappa shape index (κ1) is 19.6. The molecule has 6 heteroatoms. The second kappa shape index (κ2) is 8.28. The molecule has 1 aliphatic heterocycles. The molecule has 2 aromatic rings. The third kappa shape index (κ3) is 4.42. The SMILES string of the molecule is Cc1cccc(N2CC[NH+]([C@@H](C)C(=O)Nc3ccc(Cl)cc3F)CC2)c1C. The van der Waals surface area contributed by atoms with Crippen LogP contribution in [0.25, 0.3) is 0 Å². The summed E-state index contributed by atoms with van der Waals surface area (Å²) < 4.78 is 13.9. The molecule has 1 amide bonds. The molecule has 2 N–H and O–H groups in total. The number of nitrogens with zero attached hydrogens (tertiary/aromatic N) is 1. The Morgan fingerprint density at radius 3 is 2.59 bits per heavy atom. The van der Waals surface area contributed by atoms with Gasteiger partial charge in [-0.3, -0.25) is 4.79 Å². The van der Waals surface area contributed by atoms with Crippen LogP contribution in [0.3, 0.4) is 0 Å². The van der Waals surface area contributed by atoms with Crippen molar-refractivity contribution in [1.29, 1.82) is 0 Å². The van der Waals surface area contributed by atoms with Gasteiger partial charge >= 0.3 is 0 Å². The van der Waals surface area contributed by atoms with Crippen LogP contribution in [0.4, 0.5) is 15.8 Å². The first-order chi connectivity index (χ1) is 12.9. The number of quaternary nitrogens is 1. The summed E-state index contributed by atoms with van der Waals surface area (Å²) in [7, 11) is 0. The lowest BCUT2D eigenvalue weighted by atomic mass is 10.1. The maximum atomic E-state index is 13.9. The van der Waals surface area contributed by atoms with Gasteiger partial charge in [-0.1, -0.05) is 23.7 Å². The number of rotatable bonds is 4. The van der Waals surface area contributed by atoms with Gasteiger partial charge in [0.05, 0.1) is 31.9 Å². The van der Waals surface area contributed by atoms with E-state index in [1.807, 2.05) is 6.92 Å². The van der Waals surface area contributed by atoms with Crippen molar-refractivity contribution in [2.75, 3.05) is 36.4 Å². The van der Waals surface area contributed by atoms with Crippen molar-refractivity contribution < 1.29 is 14.1 Å². The minimum Gasteiger partial charge on any atom is -0.360 e. The van der Waals surface area contributed by atoms with E-state index < -0.39 is 5.82 Å². The number of halogens is 2. The highest BCUT2D eigenvalue weighted by molar-refractivity contribution is 6.30. The molecule has 3 rings (SSSR count). The quantitative estimate of drug-likeness (QED) is 0.842. The first-order valence-corrected chi connectivity index (χ1v) is 9.66. The molecule has 1 saturated heterocycles. The van der Waals surface area contributed by atoms with E-state index in [1.165, 1.54) is 33.8 Å². The number of hydrogen-bond acceptors (Lipinski definition) is 2. The lowest BCUT2D eigenvalue weighted by molar-refractivity contribution is -0.914. The number of piperazine rings is 1. The van der Waals surface area contributed by atoms with Gasteiger partial charge < -0.3 is 15.1 Å². The van der Waals surface area contributed by atoms with Crippen molar-refractivity contribution in [2.45, 2.75) is 26.8 Å². The average molecular weight is 391 g/mol. The van der Waals surface area contributed by atoms with Crippen LogP contribution in [0.1, 0.15) is 18.1 Å². The molecule has 0 unspecified atom stereocenters. The molecular formula is C21H26ClFN3O+. The Bertz CT molecular complexity index is 834. The van der Waals surface area contributed by atoms with E-state index in [2.05, 4.69) is 42.3 Å². The summed E-state index contributed by atoms with van der Waals surface area (Å²) in [5.74, 6) is -0.691. The van der Waals surface area contributed by atoms with Gasteiger partial charge in [0.1, 0.15) is 5.82 Å². The third-order valence-electron chi connectivity index (χ3n) is 5.52. The normalized spacial score (nSPS) is 16.3. The van der Waals surface area contributed by atoms with Crippen molar-refractivity contribution in [2.24, 2.45) is 0 Å². The Kier molecular flexibility index (Phi) is 6.02. The number of anilines is 2. The summed E-state index contributed by atoms with van der Waals surface area (Å²) in [6.45, 7) is 9.70. The van der Waals surface area contributed by atoms with Gasteiger partial charge in [0.25, 0.3) is 5.91 Å². The fraction of sp³-hybridized carbons (Fsp3) is 0.381. The number of amides is 1. The van der Waals surface area contributed by atoms with Gasteiger partial charge in [-0.15, -0.1) is 0 Å². The minimum atomic E-state index is -0.516. The summed E-state index contributed by atoms with van der Waals surface area (Å²) in [6, 6.07) is 10.4. The molecule has 0 saturated carbocycles. The molecule has 0 aromatic heterocycles. The van der Waals surface area contributed by atoms with Gasteiger partial charge in [0, 0.05) is 10.7 Å². The smallest absolute Gasteiger partial charge is 0.282 e. The lowest BCUT2D eigenvalue weighted by Gasteiger charge is -2.36. The molecule has 0 radical (unpaired) electrons. The molecule has 144 valence electrons. The molecule has 2 aromatic carbocycles. The van der Waals surface area contributed by atoms with Gasteiger partial charge in [0.2, 0.25) is 0 Å². The number of aryl methyl sites for hydroxylation is 1. The summed E-state index contributed by atoms with van der Waals surface area (Å²) >= 11 is 5.76. The third-order valence-corrected chi connectivity index (χ3v) is 5.75. The standard InChI is InChI=1S/C21H25ClFN3O/c1-14-5-4-6-20(15(14)2)26-11-9-25(10-12-26)16(3)21(27)24-19-8-7-17(22)13-18(19)23/h4-8,13,16H,9-12H2,1-3H3,(H,24,27)/p+1/t16-/m0/s1. The van der Waals surface area contributed by atoms with E-state index in [9.17, 15) is 9.18 Å². The molecule has 0 bridgehead atoms. The van der Waals surface area contributed by atoms with E-state index in [0.717, 1.165) is 26.2 Å². The van der Waals surface area contributed by atoms with Crippen molar-refractivity contribution in [3.8, 4) is 0 Å². The van der Waals surface area contributed by atoms with Crippen LogP contribution in [-0.2, 0) is 4.79 Å². The fourth-order valence-corrected chi connectivity index (χ4v) is 3.72. The van der Waals surface area contributed by atoms with Crippen LogP contribution >= 0.6 is 11.6 Å². The average Bonchev–Trinajstić information content (AvgIpc) is 2.66. The first-order valence-electron chi connectivity index (χ1n) is 9.28. The molecular weight excluding hydrogens is 365 g/mol. The van der Waals surface area contributed by atoms with Gasteiger partial charge in [-0.25, -0.2) is 4.39 Å². The van der Waals surface area contributed by atoms with E-state index in [1.54, 1.807) is 6.07 Å². The number of hydrogen-bond donors (Lipinski definition) is 2. The van der Waals surface area contributed by atoms with Crippen LogP contribution in [0, 0.1) is 19.7 Å². The fourth-order valence-electron chi connectivity index (χ4n) is 3.56. The predicted octanol–water partition coefficient (Wildman–Crippen LogP) is 2.83. The van der Waals surface area contributed by atoms with Crippen molar-refractivity contribution in [1.82, 2.24) is 0 Å². The lowest BCUT2D eigenvalue weighted by Crippen LogP contribution is -3.19. The number of benzene rings is 2. The topological polar surface area (TPSA) is 36.8 Å². The Morgan fingerprint density at radius 1 is 1.22 bits per heavy atom. The number of nitrogens with one attached hydrogen (secondary N) is 2. The van der Waals surface area contributed by atoms with E-state index in [-0.39, 0.29) is 17.6 Å². The Labute approximate surface area is 164 Å². The number of carbonyl (C=O) groups is 1. The van der Waals surface area contributed by atoms with E-state index in [4.69, 9.17) is 11.6 Å². The van der Waals surface area contributed by atoms with Crippen molar-refractivity contribution >= 4 is 28.9 Å². The Hall–Kier alpha value is -2.11. The zero-order valence-electron chi connectivity index (χ0n) is 16.0. The van der Waals surface area contributed by atoms with Crippen molar-refractivity contribution in [3.05, 3.63) is 58.4 Å². The monoisotopic (exact) mass is 390 g/mol. The van der Waals surface area contributed by atoms with Crippen LogP contribution in [0.15, 0.2) is 36.4 Å². The molecule has 1 fully saturated rings. The second-order valence-corrected chi connectivity index (χ2v) is 7.64. The largest absolute Gasteiger partial charge is 0.360 e. The summed E-state index contributed by atoms with van der Waals surface area (Å²) in [5.41, 5.74) is 4.05. The van der Waals surface area contributed by atoms with E-state index >= 15 is 0 Å². The molecule has 1 heterocycles. The molecule has 4 nitrogen and oxygen atoms in total. The highest BCUT2D eigenvalue weighted by Crippen LogP contribution is 2.22. The van der Waals surface area contributed by atoms with Crippen LogP contribution < -0.4 is 15.1 Å². The molecule has 0 aliphatic carbocycles. The maximum Gasteiger partial charge on any atom is 0.282 e. The zero-order valence-corrected chi connectivity index (χ0v) is 16.7.